The smallest absolute Gasteiger partial charge is 0.253 e. The Morgan fingerprint density at radius 1 is 1.06 bits per heavy atom. The standard InChI is InChI=1S/C25H25F2N3O/c1-17-22(25(31)28-15-18-7-9-20(26)10-8-18)11-12-23(29-17)24-6-3-13-30(24)16-19-4-2-5-21(27)14-19/h2,4-5,7-12,14,24H,3,6,13,15-16H2,1H3,(H,28,31)/t24-/m0/s1. The van der Waals surface area contributed by atoms with Crippen LogP contribution in [0.3, 0.4) is 0 Å². The Morgan fingerprint density at radius 3 is 2.61 bits per heavy atom. The summed E-state index contributed by atoms with van der Waals surface area (Å²) in [6, 6.07) is 16.6. The van der Waals surface area contributed by atoms with Gasteiger partial charge < -0.3 is 5.32 Å². The molecular weight excluding hydrogens is 396 g/mol. The van der Waals surface area contributed by atoms with Crippen molar-refractivity contribution in [3.8, 4) is 0 Å². The molecular formula is C25H25F2N3O. The molecule has 1 aliphatic rings. The van der Waals surface area contributed by atoms with Crippen LogP contribution in [-0.4, -0.2) is 22.3 Å². The third kappa shape index (κ3) is 5.14. The lowest BCUT2D eigenvalue weighted by molar-refractivity contribution is 0.0949. The number of nitrogens with one attached hydrogen (secondary N) is 1. The van der Waals surface area contributed by atoms with E-state index in [-0.39, 0.29) is 23.6 Å². The van der Waals surface area contributed by atoms with Crippen LogP contribution >= 0.6 is 0 Å². The summed E-state index contributed by atoms with van der Waals surface area (Å²) in [5.41, 5.74) is 3.91. The van der Waals surface area contributed by atoms with Crippen molar-refractivity contribution in [2.75, 3.05) is 6.54 Å². The van der Waals surface area contributed by atoms with Crippen molar-refractivity contribution in [2.45, 2.75) is 38.9 Å². The molecule has 31 heavy (non-hydrogen) atoms. The molecule has 4 rings (SSSR count). The Morgan fingerprint density at radius 2 is 1.87 bits per heavy atom. The molecule has 1 fully saturated rings. The molecule has 0 radical (unpaired) electrons. The minimum Gasteiger partial charge on any atom is -0.348 e. The van der Waals surface area contributed by atoms with Gasteiger partial charge in [0, 0.05) is 13.1 Å². The predicted molar refractivity (Wildman–Crippen MR) is 115 cm³/mol. The summed E-state index contributed by atoms with van der Waals surface area (Å²) in [4.78, 5) is 19.6. The Kier molecular flexibility index (Phi) is 6.37. The maximum atomic E-state index is 13.5. The van der Waals surface area contributed by atoms with Gasteiger partial charge in [0.05, 0.1) is 23.0 Å². The fraction of sp³-hybridized carbons (Fsp3) is 0.280. The fourth-order valence-electron chi connectivity index (χ4n) is 4.11. The summed E-state index contributed by atoms with van der Waals surface area (Å²) < 4.78 is 26.6. The highest BCUT2D eigenvalue weighted by atomic mass is 19.1. The molecule has 6 heteroatoms. The molecule has 160 valence electrons. The summed E-state index contributed by atoms with van der Waals surface area (Å²) in [6.45, 7) is 3.76. The first-order chi connectivity index (χ1) is 15.0. The largest absolute Gasteiger partial charge is 0.348 e. The van der Waals surface area contributed by atoms with Gasteiger partial charge in [0.2, 0.25) is 0 Å². The van der Waals surface area contributed by atoms with E-state index in [2.05, 4.69) is 10.2 Å². The Balaban J connectivity index is 1.43. The molecule has 1 N–H and O–H groups in total. The van der Waals surface area contributed by atoms with Crippen molar-refractivity contribution in [3.05, 3.63) is 100 Å². The summed E-state index contributed by atoms with van der Waals surface area (Å²) in [6.07, 6.45) is 2.04. The van der Waals surface area contributed by atoms with E-state index in [1.54, 1.807) is 24.3 Å². The molecule has 0 saturated carbocycles. The van der Waals surface area contributed by atoms with Crippen LogP contribution < -0.4 is 5.32 Å². The lowest BCUT2D eigenvalue weighted by atomic mass is 10.1. The van der Waals surface area contributed by atoms with Crippen molar-refractivity contribution in [1.29, 1.82) is 0 Å². The van der Waals surface area contributed by atoms with Crippen molar-refractivity contribution < 1.29 is 13.6 Å². The molecule has 1 amide bonds. The van der Waals surface area contributed by atoms with Gasteiger partial charge in [-0.25, -0.2) is 8.78 Å². The Labute approximate surface area is 180 Å². The zero-order valence-electron chi connectivity index (χ0n) is 17.4. The lowest BCUT2D eigenvalue weighted by Crippen LogP contribution is -2.26. The van der Waals surface area contributed by atoms with Crippen LogP contribution in [0.1, 0.15) is 51.8 Å². The number of halogens is 2. The molecule has 1 aliphatic heterocycles. The maximum Gasteiger partial charge on any atom is 0.253 e. The summed E-state index contributed by atoms with van der Waals surface area (Å²) in [5.74, 6) is -0.730. The summed E-state index contributed by atoms with van der Waals surface area (Å²) in [7, 11) is 0. The van der Waals surface area contributed by atoms with E-state index in [0.29, 0.717) is 24.3 Å². The summed E-state index contributed by atoms with van der Waals surface area (Å²) in [5, 5.41) is 2.86. The van der Waals surface area contributed by atoms with Crippen molar-refractivity contribution in [1.82, 2.24) is 15.2 Å². The van der Waals surface area contributed by atoms with Gasteiger partial charge in [-0.05, 0) is 73.8 Å². The van der Waals surface area contributed by atoms with Crippen molar-refractivity contribution in [2.24, 2.45) is 0 Å². The predicted octanol–water partition coefficient (Wildman–Crippen LogP) is 4.94. The first kappa shape index (κ1) is 21.1. The minimum atomic E-state index is -0.302. The highest BCUT2D eigenvalue weighted by Gasteiger charge is 2.27. The van der Waals surface area contributed by atoms with Gasteiger partial charge in [-0.15, -0.1) is 0 Å². The molecule has 4 nitrogen and oxygen atoms in total. The van der Waals surface area contributed by atoms with Gasteiger partial charge in [0.25, 0.3) is 5.91 Å². The van der Waals surface area contributed by atoms with Gasteiger partial charge in [-0.2, -0.15) is 0 Å². The maximum absolute atomic E-state index is 13.5. The molecule has 3 aromatic rings. The minimum absolute atomic E-state index is 0.151. The van der Waals surface area contributed by atoms with E-state index in [0.717, 1.165) is 36.2 Å². The number of likely N-dealkylation sites (tertiary alicyclic amines) is 1. The van der Waals surface area contributed by atoms with Gasteiger partial charge in [-0.3, -0.25) is 14.7 Å². The molecule has 0 aliphatic carbocycles. The van der Waals surface area contributed by atoms with Gasteiger partial charge in [0.1, 0.15) is 11.6 Å². The Hall–Kier alpha value is -3.12. The quantitative estimate of drug-likeness (QED) is 0.614. The molecule has 2 aromatic carbocycles. The van der Waals surface area contributed by atoms with Crippen LogP contribution in [0, 0.1) is 18.6 Å². The second kappa shape index (κ2) is 9.35. The number of amides is 1. The monoisotopic (exact) mass is 421 g/mol. The zero-order valence-corrected chi connectivity index (χ0v) is 17.4. The van der Waals surface area contributed by atoms with Gasteiger partial charge in [0.15, 0.2) is 0 Å². The second-order valence-electron chi connectivity index (χ2n) is 7.94. The molecule has 1 atom stereocenters. The topological polar surface area (TPSA) is 45.2 Å². The number of aromatic nitrogens is 1. The number of rotatable bonds is 6. The second-order valence-corrected chi connectivity index (χ2v) is 7.94. The number of nitrogens with zero attached hydrogens (tertiary/aromatic N) is 2. The van der Waals surface area contributed by atoms with Crippen LogP contribution in [-0.2, 0) is 13.1 Å². The third-order valence-corrected chi connectivity index (χ3v) is 5.70. The Bertz CT molecular complexity index is 1070. The van der Waals surface area contributed by atoms with Crippen LogP contribution in [0.2, 0.25) is 0 Å². The molecule has 0 spiro atoms. The van der Waals surface area contributed by atoms with Crippen LogP contribution in [0.25, 0.3) is 0 Å². The molecule has 1 saturated heterocycles. The average Bonchev–Trinajstić information content (AvgIpc) is 3.21. The van der Waals surface area contributed by atoms with E-state index in [1.165, 1.54) is 18.2 Å². The number of hydrogen-bond acceptors (Lipinski definition) is 3. The van der Waals surface area contributed by atoms with E-state index in [1.807, 2.05) is 25.1 Å². The highest BCUT2D eigenvalue weighted by molar-refractivity contribution is 5.95. The van der Waals surface area contributed by atoms with Crippen LogP contribution in [0.15, 0.2) is 60.7 Å². The molecule has 2 heterocycles. The summed E-state index contributed by atoms with van der Waals surface area (Å²) >= 11 is 0. The van der Waals surface area contributed by atoms with Crippen LogP contribution in [0.5, 0.6) is 0 Å². The van der Waals surface area contributed by atoms with Crippen molar-refractivity contribution in [3.63, 3.8) is 0 Å². The molecule has 0 bridgehead atoms. The first-order valence-electron chi connectivity index (χ1n) is 10.5. The lowest BCUT2D eigenvalue weighted by Gasteiger charge is -2.24. The van der Waals surface area contributed by atoms with Gasteiger partial charge in [-0.1, -0.05) is 24.3 Å². The SMILES string of the molecule is Cc1nc([C@@H]2CCCN2Cc2cccc(F)c2)ccc1C(=O)NCc1ccc(F)cc1. The first-order valence-corrected chi connectivity index (χ1v) is 10.5. The molecule has 0 unspecified atom stereocenters. The fourth-order valence-corrected chi connectivity index (χ4v) is 4.11. The van der Waals surface area contributed by atoms with Crippen LogP contribution in [0.4, 0.5) is 8.78 Å². The number of benzene rings is 2. The third-order valence-electron chi connectivity index (χ3n) is 5.70. The number of pyridine rings is 1. The number of aryl methyl sites for hydroxylation is 1. The number of hydrogen-bond donors (Lipinski definition) is 1. The number of carbonyl (C=O) groups is 1. The number of carbonyl (C=O) groups excluding carboxylic acids is 1. The van der Waals surface area contributed by atoms with E-state index >= 15 is 0 Å². The highest BCUT2D eigenvalue weighted by Crippen LogP contribution is 2.32. The van der Waals surface area contributed by atoms with E-state index in [9.17, 15) is 13.6 Å². The van der Waals surface area contributed by atoms with Gasteiger partial charge >= 0.3 is 0 Å². The van der Waals surface area contributed by atoms with Crippen molar-refractivity contribution >= 4 is 5.91 Å². The normalized spacial score (nSPS) is 16.4. The van der Waals surface area contributed by atoms with E-state index < -0.39 is 0 Å². The van der Waals surface area contributed by atoms with E-state index in [4.69, 9.17) is 4.98 Å². The zero-order chi connectivity index (χ0) is 21.8. The average molecular weight is 421 g/mol. The molecule has 1 aromatic heterocycles.